The SMILES string of the molecule is ON=C(Cl)c1ccncc1Cl. The number of hydrogen-bond acceptors (Lipinski definition) is 3. The van der Waals surface area contributed by atoms with E-state index in [1.807, 2.05) is 0 Å². The molecule has 1 aromatic heterocycles. The fourth-order valence-electron chi connectivity index (χ4n) is 0.596. The first kappa shape index (κ1) is 8.30. The quantitative estimate of drug-likeness (QED) is 0.419. The number of nitrogens with zero attached hydrogens (tertiary/aromatic N) is 2. The maximum atomic E-state index is 8.29. The minimum atomic E-state index is -0.0441. The van der Waals surface area contributed by atoms with Crippen LogP contribution in [0.15, 0.2) is 23.6 Å². The molecule has 0 saturated heterocycles. The molecule has 11 heavy (non-hydrogen) atoms. The molecule has 58 valence electrons. The van der Waals surface area contributed by atoms with Crippen molar-refractivity contribution in [3.05, 3.63) is 29.0 Å². The van der Waals surface area contributed by atoms with Crippen LogP contribution in [0.4, 0.5) is 0 Å². The van der Waals surface area contributed by atoms with Gasteiger partial charge in [0, 0.05) is 18.0 Å². The minimum absolute atomic E-state index is 0.0441. The number of rotatable bonds is 1. The summed E-state index contributed by atoms with van der Waals surface area (Å²) < 4.78 is 0. The van der Waals surface area contributed by atoms with Crippen molar-refractivity contribution in [2.24, 2.45) is 5.16 Å². The van der Waals surface area contributed by atoms with E-state index >= 15 is 0 Å². The second kappa shape index (κ2) is 3.55. The van der Waals surface area contributed by atoms with E-state index in [1.165, 1.54) is 12.4 Å². The van der Waals surface area contributed by atoms with Gasteiger partial charge in [0.05, 0.1) is 5.02 Å². The number of oxime groups is 1. The number of halogens is 2. The van der Waals surface area contributed by atoms with E-state index in [4.69, 9.17) is 28.4 Å². The van der Waals surface area contributed by atoms with E-state index in [1.54, 1.807) is 6.07 Å². The van der Waals surface area contributed by atoms with Crippen LogP contribution in [0.5, 0.6) is 0 Å². The lowest BCUT2D eigenvalue weighted by Crippen LogP contribution is -1.92. The Morgan fingerprint density at radius 2 is 2.36 bits per heavy atom. The van der Waals surface area contributed by atoms with Crippen molar-refractivity contribution >= 4 is 28.4 Å². The summed E-state index contributed by atoms with van der Waals surface area (Å²) in [5.74, 6) is 0. The highest BCUT2D eigenvalue weighted by molar-refractivity contribution is 6.70. The number of aromatic nitrogens is 1. The number of pyridine rings is 1. The van der Waals surface area contributed by atoms with Gasteiger partial charge in [-0.25, -0.2) is 0 Å². The van der Waals surface area contributed by atoms with Crippen molar-refractivity contribution in [1.29, 1.82) is 0 Å². The smallest absolute Gasteiger partial charge is 0.176 e. The molecule has 0 aliphatic heterocycles. The van der Waals surface area contributed by atoms with E-state index < -0.39 is 0 Å². The summed E-state index contributed by atoms with van der Waals surface area (Å²) in [7, 11) is 0. The van der Waals surface area contributed by atoms with Gasteiger partial charge in [-0.1, -0.05) is 28.4 Å². The van der Waals surface area contributed by atoms with Crippen molar-refractivity contribution in [3.63, 3.8) is 0 Å². The van der Waals surface area contributed by atoms with Gasteiger partial charge in [0.2, 0.25) is 0 Å². The minimum Gasteiger partial charge on any atom is -0.410 e. The van der Waals surface area contributed by atoms with Crippen LogP contribution < -0.4 is 0 Å². The predicted molar refractivity (Wildman–Crippen MR) is 43.4 cm³/mol. The third-order valence-electron chi connectivity index (χ3n) is 1.08. The molecule has 0 atom stereocenters. The predicted octanol–water partition coefficient (Wildman–Crippen LogP) is 2.11. The van der Waals surface area contributed by atoms with Gasteiger partial charge in [-0.2, -0.15) is 0 Å². The molecule has 0 aliphatic carbocycles. The number of hydrogen-bond donors (Lipinski definition) is 1. The molecule has 5 heteroatoms. The zero-order chi connectivity index (χ0) is 8.27. The van der Waals surface area contributed by atoms with Crippen molar-refractivity contribution < 1.29 is 5.21 Å². The van der Waals surface area contributed by atoms with E-state index in [0.29, 0.717) is 10.6 Å². The Labute approximate surface area is 73.3 Å². The monoisotopic (exact) mass is 190 g/mol. The van der Waals surface area contributed by atoms with Crippen molar-refractivity contribution in [3.8, 4) is 0 Å². The van der Waals surface area contributed by atoms with Gasteiger partial charge < -0.3 is 5.21 Å². The second-order valence-corrected chi connectivity index (χ2v) is 2.51. The standard InChI is InChI=1S/C6H4Cl2N2O/c7-5-3-9-2-1-4(5)6(8)10-11/h1-3,11H. The fourth-order valence-corrected chi connectivity index (χ4v) is 1.02. The molecule has 0 aliphatic rings. The van der Waals surface area contributed by atoms with Crippen LogP contribution in [0.25, 0.3) is 0 Å². The molecule has 1 rings (SSSR count). The van der Waals surface area contributed by atoms with Gasteiger partial charge in [-0.15, -0.1) is 0 Å². The lowest BCUT2D eigenvalue weighted by molar-refractivity contribution is 0.321. The molecule has 0 fully saturated rings. The lowest BCUT2D eigenvalue weighted by Gasteiger charge is -1.96. The largest absolute Gasteiger partial charge is 0.410 e. The maximum Gasteiger partial charge on any atom is 0.176 e. The third kappa shape index (κ3) is 1.82. The molecule has 0 amide bonds. The molecular formula is C6H4Cl2N2O. The average Bonchev–Trinajstić information content (AvgIpc) is 2.04. The molecule has 0 spiro atoms. The van der Waals surface area contributed by atoms with E-state index in [2.05, 4.69) is 10.1 Å². The Bertz CT molecular complexity index is 288. The zero-order valence-corrected chi connectivity index (χ0v) is 6.84. The van der Waals surface area contributed by atoms with Crippen LogP contribution in [-0.4, -0.2) is 15.4 Å². The molecule has 3 nitrogen and oxygen atoms in total. The highest BCUT2D eigenvalue weighted by atomic mass is 35.5. The topological polar surface area (TPSA) is 45.5 Å². The maximum absolute atomic E-state index is 8.29. The molecule has 0 aromatic carbocycles. The molecule has 1 aromatic rings. The van der Waals surface area contributed by atoms with Crippen LogP contribution in [0.2, 0.25) is 5.02 Å². The lowest BCUT2D eigenvalue weighted by atomic mass is 10.3. The Morgan fingerprint density at radius 1 is 1.64 bits per heavy atom. The van der Waals surface area contributed by atoms with Gasteiger partial charge in [-0.05, 0) is 6.07 Å². The summed E-state index contributed by atoms with van der Waals surface area (Å²) in [6.07, 6.45) is 2.93. The summed E-state index contributed by atoms with van der Waals surface area (Å²) >= 11 is 11.1. The van der Waals surface area contributed by atoms with Crippen LogP contribution in [-0.2, 0) is 0 Å². The van der Waals surface area contributed by atoms with Gasteiger partial charge in [0.15, 0.2) is 5.17 Å². The summed E-state index contributed by atoms with van der Waals surface area (Å²) in [6, 6.07) is 1.56. The fraction of sp³-hybridized carbons (Fsp3) is 0. The van der Waals surface area contributed by atoms with E-state index in [-0.39, 0.29) is 5.17 Å². The van der Waals surface area contributed by atoms with Crippen LogP contribution >= 0.6 is 23.2 Å². The van der Waals surface area contributed by atoms with Gasteiger partial charge in [-0.3, -0.25) is 4.98 Å². The Kier molecular flexibility index (Phi) is 2.68. The van der Waals surface area contributed by atoms with Crippen molar-refractivity contribution in [2.45, 2.75) is 0 Å². The molecule has 0 radical (unpaired) electrons. The molecule has 1 N–H and O–H groups in total. The molecule has 0 bridgehead atoms. The third-order valence-corrected chi connectivity index (χ3v) is 1.66. The second-order valence-electron chi connectivity index (χ2n) is 1.75. The molecule has 1 heterocycles. The Balaban J connectivity index is 3.14. The Hall–Kier alpha value is -0.800. The normalized spacial score (nSPS) is 11.6. The van der Waals surface area contributed by atoms with E-state index in [9.17, 15) is 0 Å². The molecule has 0 saturated carbocycles. The highest BCUT2D eigenvalue weighted by Crippen LogP contribution is 2.15. The first-order chi connectivity index (χ1) is 5.25. The summed E-state index contributed by atoms with van der Waals surface area (Å²) in [6.45, 7) is 0. The molecular weight excluding hydrogens is 187 g/mol. The summed E-state index contributed by atoms with van der Waals surface area (Å²) in [4.78, 5) is 3.73. The average molecular weight is 191 g/mol. The molecule has 0 unspecified atom stereocenters. The van der Waals surface area contributed by atoms with Gasteiger partial charge >= 0.3 is 0 Å². The zero-order valence-electron chi connectivity index (χ0n) is 5.33. The highest BCUT2D eigenvalue weighted by Gasteiger charge is 2.04. The van der Waals surface area contributed by atoms with Gasteiger partial charge in [0.1, 0.15) is 0 Å². The van der Waals surface area contributed by atoms with Crippen LogP contribution in [0.3, 0.4) is 0 Å². The van der Waals surface area contributed by atoms with Gasteiger partial charge in [0.25, 0.3) is 0 Å². The van der Waals surface area contributed by atoms with Crippen LogP contribution in [0.1, 0.15) is 5.56 Å². The Morgan fingerprint density at radius 3 is 2.91 bits per heavy atom. The summed E-state index contributed by atoms with van der Waals surface area (Å²) in [5, 5.41) is 11.4. The summed E-state index contributed by atoms with van der Waals surface area (Å²) in [5.41, 5.74) is 0.464. The van der Waals surface area contributed by atoms with Crippen LogP contribution in [0, 0.1) is 0 Å². The van der Waals surface area contributed by atoms with Crippen molar-refractivity contribution in [1.82, 2.24) is 4.98 Å². The van der Waals surface area contributed by atoms with E-state index in [0.717, 1.165) is 0 Å². The first-order valence-corrected chi connectivity index (χ1v) is 3.48. The first-order valence-electron chi connectivity index (χ1n) is 2.73. The van der Waals surface area contributed by atoms with Crippen molar-refractivity contribution in [2.75, 3.05) is 0 Å².